The number of anilines is 1. The molecule has 3 heterocycles. The molecule has 1 aromatic carbocycles. The van der Waals surface area contributed by atoms with Crippen molar-refractivity contribution in [3.05, 3.63) is 64.4 Å². The highest BCUT2D eigenvalue weighted by atomic mass is 32.1. The van der Waals surface area contributed by atoms with Gasteiger partial charge in [-0.05, 0) is 23.9 Å². The van der Waals surface area contributed by atoms with Crippen molar-refractivity contribution in [3.63, 3.8) is 0 Å². The van der Waals surface area contributed by atoms with Gasteiger partial charge < -0.3 is 5.32 Å². The molecule has 0 amide bonds. The van der Waals surface area contributed by atoms with Crippen LogP contribution < -0.4 is 5.32 Å². The van der Waals surface area contributed by atoms with Crippen molar-refractivity contribution >= 4 is 17.3 Å². The number of aromatic nitrogens is 3. The molecule has 0 bridgehead atoms. The fraction of sp³-hybridized carbons (Fsp3) is 0.200. The molecule has 0 radical (unpaired) electrons. The van der Waals surface area contributed by atoms with Crippen molar-refractivity contribution < 1.29 is 4.39 Å². The molecule has 1 aliphatic rings. The third-order valence-corrected chi connectivity index (χ3v) is 4.77. The number of thiophene rings is 1. The summed E-state index contributed by atoms with van der Waals surface area (Å²) in [5.41, 5.74) is 0.660. The highest BCUT2D eigenvalue weighted by Crippen LogP contribution is 2.39. The lowest BCUT2D eigenvalue weighted by molar-refractivity contribution is 0.418. The van der Waals surface area contributed by atoms with Gasteiger partial charge in [-0.2, -0.15) is 10.1 Å². The number of fused-ring (bicyclic) bond motifs is 1. The van der Waals surface area contributed by atoms with Crippen LogP contribution in [0.25, 0.3) is 0 Å². The van der Waals surface area contributed by atoms with E-state index in [1.54, 1.807) is 22.1 Å². The predicted molar refractivity (Wildman–Crippen MR) is 79.9 cm³/mol. The van der Waals surface area contributed by atoms with Crippen LogP contribution in [0.1, 0.15) is 28.9 Å². The monoisotopic (exact) mass is 300 g/mol. The standard InChI is InChI=1S/C15H13FN4S/c16-11-5-2-1-4-10(11)13-8-12(14-6-3-7-21-14)19-15-17-9-18-20(13)15/h1-7,9,12-13H,8H2,(H,17,18,19)/t12-,13-/m1/s1. The van der Waals surface area contributed by atoms with Gasteiger partial charge in [-0.15, -0.1) is 11.3 Å². The minimum absolute atomic E-state index is 0.131. The molecule has 1 aliphatic heterocycles. The van der Waals surface area contributed by atoms with E-state index >= 15 is 0 Å². The topological polar surface area (TPSA) is 42.7 Å². The van der Waals surface area contributed by atoms with Crippen LogP contribution in [0.5, 0.6) is 0 Å². The van der Waals surface area contributed by atoms with Crippen LogP contribution in [-0.2, 0) is 0 Å². The summed E-state index contributed by atoms with van der Waals surface area (Å²) in [5.74, 6) is 0.490. The Balaban J connectivity index is 1.78. The lowest BCUT2D eigenvalue weighted by Crippen LogP contribution is -2.28. The second kappa shape index (κ2) is 4.96. The van der Waals surface area contributed by atoms with Crippen LogP contribution in [0.2, 0.25) is 0 Å². The van der Waals surface area contributed by atoms with Crippen LogP contribution in [-0.4, -0.2) is 14.8 Å². The molecular formula is C15H13FN4S. The maximum atomic E-state index is 14.2. The molecule has 4 nitrogen and oxygen atoms in total. The number of hydrogen-bond acceptors (Lipinski definition) is 4. The van der Waals surface area contributed by atoms with Gasteiger partial charge in [-0.3, -0.25) is 0 Å². The van der Waals surface area contributed by atoms with Gasteiger partial charge in [0.2, 0.25) is 5.95 Å². The second-order valence-corrected chi connectivity index (χ2v) is 5.99. The average molecular weight is 300 g/mol. The molecule has 0 aliphatic carbocycles. The summed E-state index contributed by atoms with van der Waals surface area (Å²) in [6, 6.07) is 11.0. The second-order valence-electron chi connectivity index (χ2n) is 5.01. The number of halogens is 1. The zero-order valence-electron chi connectivity index (χ0n) is 11.1. The zero-order chi connectivity index (χ0) is 14.2. The van der Waals surface area contributed by atoms with Crippen molar-refractivity contribution in [2.45, 2.75) is 18.5 Å². The molecule has 0 saturated carbocycles. The highest BCUT2D eigenvalue weighted by molar-refractivity contribution is 7.10. The minimum atomic E-state index is -0.198. The fourth-order valence-corrected chi connectivity index (χ4v) is 3.59. The molecular weight excluding hydrogens is 287 g/mol. The van der Waals surface area contributed by atoms with Gasteiger partial charge in [0.25, 0.3) is 0 Å². The zero-order valence-corrected chi connectivity index (χ0v) is 11.9. The van der Waals surface area contributed by atoms with Crippen LogP contribution in [0.3, 0.4) is 0 Å². The van der Waals surface area contributed by atoms with Crippen LogP contribution in [0.4, 0.5) is 10.3 Å². The van der Waals surface area contributed by atoms with E-state index < -0.39 is 0 Å². The maximum absolute atomic E-state index is 14.2. The summed E-state index contributed by atoms with van der Waals surface area (Å²) >= 11 is 1.69. The van der Waals surface area contributed by atoms with E-state index in [2.05, 4.69) is 26.8 Å². The number of rotatable bonds is 2. The summed E-state index contributed by atoms with van der Waals surface area (Å²) in [6.07, 6.45) is 2.25. The van der Waals surface area contributed by atoms with Crippen molar-refractivity contribution in [2.24, 2.45) is 0 Å². The fourth-order valence-electron chi connectivity index (χ4n) is 2.80. The van der Waals surface area contributed by atoms with Crippen molar-refractivity contribution in [3.8, 4) is 0 Å². The van der Waals surface area contributed by atoms with Gasteiger partial charge in [0, 0.05) is 10.4 Å². The molecule has 0 spiro atoms. The quantitative estimate of drug-likeness (QED) is 0.786. The summed E-state index contributed by atoms with van der Waals surface area (Å²) in [6.45, 7) is 0. The Morgan fingerprint density at radius 2 is 2.14 bits per heavy atom. The van der Waals surface area contributed by atoms with E-state index in [0.717, 1.165) is 6.42 Å². The highest BCUT2D eigenvalue weighted by Gasteiger charge is 2.31. The van der Waals surface area contributed by atoms with Crippen LogP contribution in [0, 0.1) is 5.82 Å². The van der Waals surface area contributed by atoms with E-state index in [-0.39, 0.29) is 17.9 Å². The first-order valence-electron chi connectivity index (χ1n) is 6.77. The molecule has 2 atom stereocenters. The Labute approximate surface area is 125 Å². The predicted octanol–water partition coefficient (Wildman–Crippen LogP) is 3.63. The third-order valence-electron chi connectivity index (χ3n) is 3.78. The Morgan fingerprint density at radius 3 is 2.95 bits per heavy atom. The van der Waals surface area contributed by atoms with Crippen LogP contribution >= 0.6 is 11.3 Å². The Hall–Kier alpha value is -2.21. The molecule has 4 rings (SSSR count). The number of benzene rings is 1. The molecule has 106 valence electrons. The van der Waals surface area contributed by atoms with E-state index in [9.17, 15) is 4.39 Å². The van der Waals surface area contributed by atoms with E-state index in [1.165, 1.54) is 17.3 Å². The largest absolute Gasteiger partial charge is 0.347 e. The van der Waals surface area contributed by atoms with E-state index in [4.69, 9.17) is 0 Å². The van der Waals surface area contributed by atoms with Gasteiger partial charge in [0.1, 0.15) is 12.1 Å². The molecule has 0 fully saturated rings. The van der Waals surface area contributed by atoms with E-state index in [1.807, 2.05) is 18.2 Å². The summed E-state index contributed by atoms with van der Waals surface area (Å²) in [5, 5.41) is 9.68. The number of nitrogens with zero attached hydrogens (tertiary/aromatic N) is 3. The Morgan fingerprint density at radius 1 is 1.24 bits per heavy atom. The lowest BCUT2D eigenvalue weighted by atomic mass is 9.96. The Kier molecular flexibility index (Phi) is 2.96. The third kappa shape index (κ3) is 2.12. The SMILES string of the molecule is Fc1ccccc1[C@H]1C[C@H](c2cccs2)Nc2ncnn21. The number of nitrogens with one attached hydrogen (secondary N) is 1. The molecule has 6 heteroatoms. The Bertz CT molecular complexity index is 753. The molecule has 21 heavy (non-hydrogen) atoms. The van der Waals surface area contributed by atoms with Gasteiger partial charge in [-0.1, -0.05) is 24.3 Å². The maximum Gasteiger partial charge on any atom is 0.222 e. The number of hydrogen-bond donors (Lipinski definition) is 1. The average Bonchev–Trinajstić information content (AvgIpc) is 3.18. The van der Waals surface area contributed by atoms with Gasteiger partial charge in [-0.25, -0.2) is 9.07 Å². The molecule has 1 N–H and O–H groups in total. The van der Waals surface area contributed by atoms with Crippen LogP contribution in [0.15, 0.2) is 48.1 Å². The van der Waals surface area contributed by atoms with E-state index in [0.29, 0.717) is 11.5 Å². The first-order chi connectivity index (χ1) is 10.3. The van der Waals surface area contributed by atoms with Crippen molar-refractivity contribution in [1.82, 2.24) is 14.8 Å². The molecule has 0 saturated heterocycles. The molecule has 2 aromatic heterocycles. The van der Waals surface area contributed by atoms with Gasteiger partial charge in [0.05, 0.1) is 12.1 Å². The smallest absolute Gasteiger partial charge is 0.222 e. The summed E-state index contributed by atoms with van der Waals surface area (Å²) < 4.78 is 15.9. The van der Waals surface area contributed by atoms with Gasteiger partial charge >= 0.3 is 0 Å². The van der Waals surface area contributed by atoms with Gasteiger partial charge in [0.15, 0.2) is 0 Å². The van der Waals surface area contributed by atoms with Crippen molar-refractivity contribution in [2.75, 3.05) is 5.32 Å². The minimum Gasteiger partial charge on any atom is -0.347 e. The molecule has 3 aromatic rings. The summed E-state index contributed by atoms with van der Waals surface area (Å²) in [7, 11) is 0. The lowest BCUT2D eigenvalue weighted by Gasteiger charge is -2.31. The normalized spacial score (nSPS) is 20.8. The molecule has 0 unspecified atom stereocenters. The van der Waals surface area contributed by atoms with Crippen molar-refractivity contribution in [1.29, 1.82) is 0 Å². The summed E-state index contributed by atoms with van der Waals surface area (Å²) in [4.78, 5) is 5.47. The first-order valence-corrected chi connectivity index (χ1v) is 7.65. The first kappa shape index (κ1) is 12.5.